The molecule has 0 spiro atoms. The molecule has 1 amide bonds. The average Bonchev–Trinajstić information content (AvgIpc) is 2.85. The lowest BCUT2D eigenvalue weighted by Gasteiger charge is -2.09. The smallest absolute Gasteiger partial charge is 0.262 e. The largest absolute Gasteiger partial charge is 0.495 e. The van der Waals surface area contributed by atoms with Gasteiger partial charge in [-0.1, -0.05) is 27.7 Å². The maximum absolute atomic E-state index is 12.1. The molecule has 0 aliphatic rings. The lowest BCUT2D eigenvalue weighted by molar-refractivity contribution is -0.112. The van der Waals surface area contributed by atoms with Gasteiger partial charge in [-0.2, -0.15) is 0 Å². The number of rotatable bonds is 5. The van der Waals surface area contributed by atoms with E-state index in [0.717, 1.165) is 14.5 Å². The second kappa shape index (κ2) is 7.98. The van der Waals surface area contributed by atoms with E-state index in [0.29, 0.717) is 16.7 Å². The average molecular weight is 462 g/mol. The summed E-state index contributed by atoms with van der Waals surface area (Å²) in [6.45, 7) is 1.77. The molecule has 122 valence electrons. The molecule has 23 heavy (non-hydrogen) atoms. The summed E-state index contributed by atoms with van der Waals surface area (Å²) >= 11 is 8.25. The maximum atomic E-state index is 12.1. The third kappa shape index (κ3) is 4.36. The van der Waals surface area contributed by atoms with Crippen LogP contribution < -0.4 is 10.2 Å². The van der Waals surface area contributed by atoms with E-state index in [1.54, 1.807) is 24.8 Å². The molecule has 0 radical (unpaired) electrons. The first-order valence-electron chi connectivity index (χ1n) is 6.44. The van der Waals surface area contributed by atoms with Gasteiger partial charge in [-0.3, -0.25) is 10.2 Å². The summed E-state index contributed by atoms with van der Waals surface area (Å²) in [4.78, 5) is 12.1. The number of thioether (sulfide) groups is 1. The fourth-order valence-corrected chi connectivity index (χ4v) is 3.74. The fourth-order valence-electron chi connectivity index (χ4n) is 1.84. The highest BCUT2D eigenvalue weighted by atomic mass is 79.9. The van der Waals surface area contributed by atoms with Crippen molar-refractivity contribution in [3.05, 3.63) is 38.5 Å². The van der Waals surface area contributed by atoms with Crippen LogP contribution in [0.1, 0.15) is 11.4 Å². The van der Waals surface area contributed by atoms with Gasteiger partial charge in [0, 0.05) is 16.1 Å². The van der Waals surface area contributed by atoms with Gasteiger partial charge in [-0.25, -0.2) is 4.68 Å². The molecular formula is C14H14Br2N4O2S. The number of aryl methyl sites for hydroxylation is 1. The molecule has 0 fully saturated rings. The molecular weight excluding hydrogens is 448 g/mol. The second-order valence-corrected chi connectivity index (χ2v) is 6.93. The van der Waals surface area contributed by atoms with Crippen molar-refractivity contribution in [1.82, 2.24) is 14.9 Å². The molecule has 0 saturated heterocycles. The Kier molecular flexibility index (Phi) is 6.25. The SMILES string of the molecule is COc1c(Br)cc(Br)cc1C=CC(=O)Nn1c(C)nnc1SC. The van der Waals surface area contributed by atoms with Crippen LogP contribution in [0.15, 0.2) is 32.3 Å². The molecule has 0 unspecified atom stereocenters. The first-order valence-corrected chi connectivity index (χ1v) is 9.25. The standard InChI is InChI=1S/C14H14Br2N4O2S/c1-8-17-18-14(23-3)20(8)19-12(21)5-4-9-6-10(15)7-11(16)13(9)22-2/h4-7H,1-3H3,(H,19,21). The van der Waals surface area contributed by atoms with E-state index >= 15 is 0 Å². The summed E-state index contributed by atoms with van der Waals surface area (Å²) < 4.78 is 8.57. The maximum Gasteiger partial charge on any atom is 0.262 e. The number of carbonyl (C=O) groups excluding carboxylic acids is 1. The molecule has 1 aromatic heterocycles. The Balaban J connectivity index is 2.20. The highest BCUT2D eigenvalue weighted by Gasteiger charge is 2.10. The highest BCUT2D eigenvalue weighted by Crippen LogP contribution is 2.33. The van der Waals surface area contributed by atoms with Crippen molar-refractivity contribution in [3.63, 3.8) is 0 Å². The Morgan fingerprint density at radius 3 is 2.78 bits per heavy atom. The number of benzene rings is 1. The monoisotopic (exact) mass is 460 g/mol. The van der Waals surface area contributed by atoms with Gasteiger partial charge in [0.15, 0.2) is 0 Å². The topological polar surface area (TPSA) is 69.0 Å². The van der Waals surface area contributed by atoms with Gasteiger partial charge in [0.25, 0.3) is 5.91 Å². The zero-order valence-corrected chi connectivity index (χ0v) is 16.6. The Morgan fingerprint density at radius 2 is 2.13 bits per heavy atom. The minimum absolute atomic E-state index is 0.290. The Labute approximate surface area is 154 Å². The first-order chi connectivity index (χ1) is 11.0. The van der Waals surface area contributed by atoms with E-state index < -0.39 is 0 Å². The minimum atomic E-state index is -0.290. The molecule has 2 aromatic rings. The number of amides is 1. The van der Waals surface area contributed by atoms with Crippen LogP contribution >= 0.6 is 43.6 Å². The van der Waals surface area contributed by atoms with E-state index in [1.165, 1.54) is 17.8 Å². The molecule has 0 aliphatic carbocycles. The third-order valence-corrected chi connectivity index (χ3v) is 4.53. The van der Waals surface area contributed by atoms with Crippen LogP contribution in [-0.2, 0) is 4.79 Å². The summed E-state index contributed by atoms with van der Waals surface area (Å²) in [5.74, 6) is 0.975. The molecule has 0 aliphatic heterocycles. The van der Waals surface area contributed by atoms with Crippen molar-refractivity contribution < 1.29 is 9.53 Å². The number of nitrogens with one attached hydrogen (secondary N) is 1. The summed E-state index contributed by atoms with van der Waals surface area (Å²) in [5.41, 5.74) is 3.50. The lowest BCUT2D eigenvalue weighted by atomic mass is 10.2. The van der Waals surface area contributed by atoms with Crippen molar-refractivity contribution in [1.29, 1.82) is 0 Å². The Bertz CT molecular complexity index is 761. The van der Waals surface area contributed by atoms with Gasteiger partial charge in [-0.15, -0.1) is 10.2 Å². The van der Waals surface area contributed by atoms with Gasteiger partial charge < -0.3 is 4.74 Å². The number of halogens is 2. The van der Waals surface area contributed by atoms with E-state index in [4.69, 9.17) is 4.74 Å². The van der Waals surface area contributed by atoms with Crippen LogP contribution in [0.4, 0.5) is 0 Å². The van der Waals surface area contributed by atoms with Crippen LogP contribution in [0.5, 0.6) is 5.75 Å². The molecule has 6 nitrogen and oxygen atoms in total. The van der Waals surface area contributed by atoms with Gasteiger partial charge in [0.1, 0.15) is 11.6 Å². The van der Waals surface area contributed by atoms with Crippen molar-refractivity contribution in [2.24, 2.45) is 0 Å². The number of ether oxygens (including phenoxy) is 1. The summed E-state index contributed by atoms with van der Waals surface area (Å²) in [7, 11) is 1.58. The number of methoxy groups -OCH3 is 1. The number of carbonyl (C=O) groups is 1. The quantitative estimate of drug-likeness (QED) is 0.543. The molecule has 0 saturated carbocycles. The molecule has 9 heteroatoms. The zero-order valence-electron chi connectivity index (χ0n) is 12.6. The van der Waals surface area contributed by atoms with E-state index in [-0.39, 0.29) is 5.91 Å². The van der Waals surface area contributed by atoms with Crippen LogP contribution in [0.2, 0.25) is 0 Å². The van der Waals surface area contributed by atoms with Gasteiger partial charge in [0.05, 0.1) is 11.6 Å². The minimum Gasteiger partial charge on any atom is -0.495 e. The molecule has 1 N–H and O–H groups in total. The Morgan fingerprint density at radius 1 is 1.39 bits per heavy atom. The van der Waals surface area contributed by atoms with E-state index in [1.807, 2.05) is 18.4 Å². The summed E-state index contributed by atoms with van der Waals surface area (Å²) in [6.07, 6.45) is 4.98. The van der Waals surface area contributed by atoms with Gasteiger partial charge in [0.2, 0.25) is 5.16 Å². The van der Waals surface area contributed by atoms with Crippen molar-refractivity contribution in [3.8, 4) is 5.75 Å². The molecule has 1 aromatic carbocycles. The molecule has 2 rings (SSSR count). The van der Waals surface area contributed by atoms with Gasteiger partial charge in [-0.05, 0) is 47.3 Å². The number of hydrogen-bond donors (Lipinski definition) is 1. The molecule has 0 atom stereocenters. The van der Waals surface area contributed by atoms with E-state index in [2.05, 4.69) is 47.5 Å². The second-order valence-electron chi connectivity index (χ2n) is 4.39. The molecule has 1 heterocycles. The fraction of sp³-hybridized carbons (Fsp3) is 0.214. The van der Waals surface area contributed by atoms with Crippen LogP contribution in [0.3, 0.4) is 0 Å². The van der Waals surface area contributed by atoms with Crippen LogP contribution in [0, 0.1) is 6.92 Å². The van der Waals surface area contributed by atoms with Gasteiger partial charge >= 0.3 is 0 Å². The number of hydrogen-bond acceptors (Lipinski definition) is 5. The van der Waals surface area contributed by atoms with Crippen LogP contribution in [0.25, 0.3) is 6.08 Å². The first kappa shape index (κ1) is 18.0. The van der Waals surface area contributed by atoms with Crippen molar-refractivity contribution >= 4 is 55.6 Å². The Hall–Kier alpha value is -1.32. The lowest BCUT2D eigenvalue weighted by Crippen LogP contribution is -2.22. The molecule has 0 bridgehead atoms. The number of aromatic nitrogens is 3. The van der Waals surface area contributed by atoms with Crippen LogP contribution in [-0.4, -0.2) is 34.1 Å². The highest BCUT2D eigenvalue weighted by molar-refractivity contribution is 9.11. The third-order valence-electron chi connectivity index (χ3n) is 2.86. The van der Waals surface area contributed by atoms with Crippen molar-refractivity contribution in [2.45, 2.75) is 12.1 Å². The predicted octanol–water partition coefficient (Wildman–Crippen LogP) is 3.63. The van der Waals surface area contributed by atoms with Crippen molar-refractivity contribution in [2.75, 3.05) is 18.8 Å². The predicted molar refractivity (Wildman–Crippen MR) is 98.3 cm³/mol. The summed E-state index contributed by atoms with van der Waals surface area (Å²) in [6, 6.07) is 3.74. The normalized spacial score (nSPS) is 11.0. The van der Waals surface area contributed by atoms with E-state index in [9.17, 15) is 4.79 Å². The number of nitrogens with zero attached hydrogens (tertiary/aromatic N) is 3. The zero-order chi connectivity index (χ0) is 17.0. The summed E-state index contributed by atoms with van der Waals surface area (Å²) in [5, 5.41) is 8.51.